The highest BCUT2D eigenvalue weighted by Crippen LogP contribution is 2.33. The highest BCUT2D eigenvalue weighted by molar-refractivity contribution is 6.30. The Bertz CT molecular complexity index is 1180. The van der Waals surface area contributed by atoms with Crippen LogP contribution in [-0.2, 0) is 17.8 Å². The molecule has 0 amide bonds. The van der Waals surface area contributed by atoms with Gasteiger partial charge in [-0.3, -0.25) is 9.69 Å². The molecule has 0 heterocycles. The van der Waals surface area contributed by atoms with E-state index in [9.17, 15) is 9.90 Å². The second kappa shape index (κ2) is 12.5. The number of hydrogen-bond acceptors (Lipinski definition) is 6. The van der Waals surface area contributed by atoms with E-state index >= 15 is 0 Å². The lowest BCUT2D eigenvalue weighted by molar-refractivity contribution is -0.145. The predicted octanol–water partition coefficient (Wildman–Crippen LogP) is 5.63. The van der Waals surface area contributed by atoms with Crippen LogP contribution in [0.15, 0.2) is 60.7 Å². The van der Waals surface area contributed by atoms with E-state index in [1.165, 1.54) is 0 Å². The first-order chi connectivity index (χ1) is 17.3. The van der Waals surface area contributed by atoms with Gasteiger partial charge in [0.25, 0.3) is 0 Å². The van der Waals surface area contributed by atoms with Crippen LogP contribution in [0.3, 0.4) is 0 Å². The van der Waals surface area contributed by atoms with E-state index in [-0.39, 0.29) is 6.04 Å². The molecule has 0 bridgehead atoms. The number of halogens is 1. The first-order valence-electron chi connectivity index (χ1n) is 11.5. The molecule has 0 saturated heterocycles. The first kappa shape index (κ1) is 27.2. The molecule has 1 N–H and O–H groups in total. The van der Waals surface area contributed by atoms with Crippen molar-refractivity contribution in [3.05, 3.63) is 82.4 Å². The number of carboxylic acid groups (broad SMARTS) is 1. The number of ether oxygens (including phenoxy) is 4. The van der Waals surface area contributed by atoms with Gasteiger partial charge in [0, 0.05) is 17.6 Å². The van der Waals surface area contributed by atoms with Gasteiger partial charge in [-0.15, -0.1) is 0 Å². The molecule has 0 spiro atoms. The molecule has 3 aromatic carbocycles. The van der Waals surface area contributed by atoms with Gasteiger partial charge in [-0.25, -0.2) is 0 Å². The Hall–Kier alpha value is -3.42. The van der Waals surface area contributed by atoms with E-state index < -0.39 is 12.0 Å². The average molecular weight is 514 g/mol. The number of carboxylic acids is 1. The Morgan fingerprint density at radius 3 is 1.92 bits per heavy atom. The van der Waals surface area contributed by atoms with Gasteiger partial charge in [-0.1, -0.05) is 35.9 Å². The Balaban J connectivity index is 2.02. The van der Waals surface area contributed by atoms with E-state index in [0.29, 0.717) is 46.5 Å². The maximum atomic E-state index is 12.6. The number of rotatable bonds is 12. The number of methoxy groups -OCH3 is 4. The lowest BCUT2D eigenvalue weighted by Crippen LogP contribution is -2.41. The fourth-order valence-electron chi connectivity index (χ4n) is 4.31. The molecule has 8 heteroatoms. The third kappa shape index (κ3) is 6.42. The normalized spacial score (nSPS) is 12.6. The van der Waals surface area contributed by atoms with Crippen LogP contribution in [0.4, 0.5) is 0 Å². The van der Waals surface area contributed by atoms with Crippen molar-refractivity contribution in [1.82, 2.24) is 4.90 Å². The van der Waals surface area contributed by atoms with Crippen LogP contribution in [0.2, 0.25) is 5.02 Å². The maximum Gasteiger partial charge on any atom is 0.325 e. The average Bonchev–Trinajstić information content (AvgIpc) is 2.87. The Labute approximate surface area is 217 Å². The lowest BCUT2D eigenvalue weighted by Gasteiger charge is -2.35. The summed E-state index contributed by atoms with van der Waals surface area (Å²) in [6.45, 7) is 2.37. The summed E-state index contributed by atoms with van der Waals surface area (Å²) in [7, 11) is 6.33. The number of aliphatic carboxylic acids is 1. The van der Waals surface area contributed by atoms with Crippen LogP contribution in [0.25, 0.3) is 0 Å². The van der Waals surface area contributed by atoms with Crippen LogP contribution >= 0.6 is 11.6 Å². The second-order valence-electron chi connectivity index (χ2n) is 8.40. The molecule has 0 aliphatic rings. The minimum absolute atomic E-state index is 0.170. The van der Waals surface area contributed by atoms with Gasteiger partial charge in [0.2, 0.25) is 0 Å². The van der Waals surface area contributed by atoms with Gasteiger partial charge < -0.3 is 24.1 Å². The Morgan fingerprint density at radius 2 is 1.39 bits per heavy atom. The van der Waals surface area contributed by atoms with Crippen molar-refractivity contribution in [2.45, 2.75) is 32.0 Å². The maximum absolute atomic E-state index is 12.6. The first-order valence-corrected chi connectivity index (χ1v) is 11.8. The molecule has 1 unspecified atom stereocenters. The molecule has 0 aliphatic heterocycles. The van der Waals surface area contributed by atoms with Gasteiger partial charge in [-0.05, 0) is 66.4 Å². The third-order valence-corrected chi connectivity index (χ3v) is 6.32. The second-order valence-corrected chi connectivity index (χ2v) is 8.84. The van der Waals surface area contributed by atoms with Gasteiger partial charge in [0.05, 0.1) is 28.4 Å². The molecule has 192 valence electrons. The van der Waals surface area contributed by atoms with Crippen molar-refractivity contribution in [2.75, 3.05) is 28.4 Å². The highest BCUT2D eigenvalue weighted by atomic mass is 35.5. The zero-order valence-electron chi connectivity index (χ0n) is 21.2. The molecule has 0 radical (unpaired) electrons. The molecular weight excluding hydrogens is 482 g/mol. The smallest absolute Gasteiger partial charge is 0.325 e. The van der Waals surface area contributed by atoms with E-state index in [2.05, 4.69) is 0 Å². The molecule has 0 saturated carbocycles. The third-order valence-electron chi connectivity index (χ3n) is 6.09. The Kier molecular flexibility index (Phi) is 9.44. The van der Waals surface area contributed by atoms with Gasteiger partial charge in [0.1, 0.15) is 6.04 Å². The summed E-state index contributed by atoms with van der Waals surface area (Å²) in [5, 5.41) is 10.8. The van der Waals surface area contributed by atoms with E-state index in [1.807, 2.05) is 48.2 Å². The summed E-state index contributed by atoms with van der Waals surface area (Å²) < 4.78 is 21.6. The molecule has 36 heavy (non-hydrogen) atoms. The largest absolute Gasteiger partial charge is 0.493 e. The van der Waals surface area contributed by atoms with Gasteiger partial charge in [0.15, 0.2) is 23.0 Å². The number of benzene rings is 3. The number of hydrogen-bond donors (Lipinski definition) is 1. The molecule has 0 aromatic heterocycles. The van der Waals surface area contributed by atoms with Crippen molar-refractivity contribution in [1.29, 1.82) is 0 Å². The van der Waals surface area contributed by atoms with Crippen LogP contribution in [-0.4, -0.2) is 50.5 Å². The highest BCUT2D eigenvalue weighted by Gasteiger charge is 2.32. The van der Waals surface area contributed by atoms with Crippen molar-refractivity contribution in [3.63, 3.8) is 0 Å². The number of nitrogens with zero attached hydrogens (tertiary/aromatic N) is 1. The molecule has 3 aromatic rings. The van der Waals surface area contributed by atoms with Crippen molar-refractivity contribution >= 4 is 17.6 Å². The molecule has 3 rings (SSSR count). The minimum Gasteiger partial charge on any atom is -0.493 e. The zero-order chi connectivity index (χ0) is 26.2. The predicted molar refractivity (Wildman–Crippen MR) is 140 cm³/mol. The molecule has 0 aliphatic carbocycles. The molecule has 7 nitrogen and oxygen atoms in total. The summed E-state index contributed by atoms with van der Waals surface area (Å²) in [6.07, 6.45) is 0.581. The number of carbonyl (C=O) groups is 1. The van der Waals surface area contributed by atoms with E-state index in [4.69, 9.17) is 30.5 Å². The van der Waals surface area contributed by atoms with Crippen molar-refractivity contribution in [2.24, 2.45) is 0 Å². The summed E-state index contributed by atoms with van der Waals surface area (Å²) in [4.78, 5) is 14.6. The molecule has 2 atom stereocenters. The van der Waals surface area contributed by atoms with Gasteiger partial charge in [-0.2, -0.15) is 0 Å². The SMILES string of the molecule is COc1ccc(C[C@@H](C)N(Cc2ccc(OC)c(OC)c2)C(C(=O)O)c2cccc(Cl)c2)cc1OC. The quantitative estimate of drug-likeness (QED) is 0.336. The van der Waals surface area contributed by atoms with Crippen LogP contribution < -0.4 is 18.9 Å². The standard InChI is InChI=1S/C28H32ClNO6/c1-18(13-19-9-11-23(33-2)25(14-19)35-4)30(17-20-10-12-24(34-3)26(15-20)36-5)27(28(31)32)21-7-6-8-22(29)16-21/h6-12,14-16,18,27H,13,17H2,1-5H3,(H,31,32)/t18-,27?/m1/s1. The summed E-state index contributed by atoms with van der Waals surface area (Å²) in [5.41, 5.74) is 2.49. The van der Waals surface area contributed by atoms with Crippen molar-refractivity contribution < 1.29 is 28.8 Å². The molecular formula is C28H32ClNO6. The summed E-state index contributed by atoms with van der Waals surface area (Å²) in [5.74, 6) is 1.49. The Morgan fingerprint density at radius 1 is 0.833 bits per heavy atom. The van der Waals surface area contributed by atoms with Crippen molar-refractivity contribution in [3.8, 4) is 23.0 Å². The van der Waals surface area contributed by atoms with Crippen LogP contribution in [0.5, 0.6) is 23.0 Å². The monoisotopic (exact) mass is 513 g/mol. The minimum atomic E-state index is -0.961. The van der Waals surface area contributed by atoms with E-state index in [0.717, 1.165) is 11.1 Å². The molecule has 0 fully saturated rings. The van der Waals surface area contributed by atoms with Crippen LogP contribution in [0.1, 0.15) is 29.7 Å². The fraction of sp³-hybridized carbons (Fsp3) is 0.321. The zero-order valence-corrected chi connectivity index (χ0v) is 21.9. The topological polar surface area (TPSA) is 77.5 Å². The van der Waals surface area contributed by atoms with E-state index in [1.54, 1.807) is 52.7 Å². The van der Waals surface area contributed by atoms with Gasteiger partial charge >= 0.3 is 5.97 Å². The van der Waals surface area contributed by atoms with Crippen LogP contribution in [0, 0.1) is 0 Å². The summed E-state index contributed by atoms with van der Waals surface area (Å²) >= 11 is 6.24. The lowest BCUT2D eigenvalue weighted by atomic mass is 9.98. The fourth-order valence-corrected chi connectivity index (χ4v) is 4.51. The summed E-state index contributed by atoms with van der Waals surface area (Å²) in [6, 6.07) is 17.2.